The highest BCUT2D eigenvalue weighted by atomic mass is 16.6. The Kier molecular flexibility index (Phi) is 7.86. The molecule has 1 heterocycles. The third-order valence-electron chi connectivity index (χ3n) is 6.41. The van der Waals surface area contributed by atoms with Crippen molar-refractivity contribution in [2.75, 3.05) is 18.6 Å². The average Bonchev–Trinajstić information content (AvgIpc) is 3.06. The maximum absolute atomic E-state index is 13.9. The van der Waals surface area contributed by atoms with Crippen LogP contribution in [0.3, 0.4) is 0 Å². The van der Waals surface area contributed by atoms with Gasteiger partial charge in [-0.1, -0.05) is 36.4 Å². The van der Waals surface area contributed by atoms with Crippen molar-refractivity contribution in [3.63, 3.8) is 0 Å². The van der Waals surface area contributed by atoms with Crippen molar-refractivity contribution >= 4 is 17.6 Å². The molecule has 0 fully saturated rings. The second-order valence-corrected chi connectivity index (χ2v) is 10.4. The van der Waals surface area contributed by atoms with E-state index in [-0.39, 0.29) is 23.9 Å². The van der Waals surface area contributed by atoms with E-state index in [2.05, 4.69) is 0 Å². The van der Waals surface area contributed by atoms with Crippen molar-refractivity contribution in [1.82, 2.24) is 0 Å². The minimum atomic E-state index is -0.591. The van der Waals surface area contributed by atoms with Crippen LogP contribution in [0, 0.1) is 0 Å². The molecule has 1 aliphatic heterocycles. The summed E-state index contributed by atoms with van der Waals surface area (Å²) in [5.41, 5.74) is 2.57. The predicted molar refractivity (Wildman–Crippen MR) is 145 cm³/mol. The van der Waals surface area contributed by atoms with Crippen LogP contribution in [0.1, 0.15) is 61.5 Å². The van der Waals surface area contributed by atoms with Gasteiger partial charge in [-0.05, 0) is 82.0 Å². The van der Waals surface area contributed by atoms with Gasteiger partial charge in [-0.25, -0.2) is 4.79 Å². The van der Waals surface area contributed by atoms with Crippen molar-refractivity contribution in [3.05, 3.63) is 89.5 Å². The highest BCUT2D eigenvalue weighted by Gasteiger charge is 2.31. The number of benzene rings is 3. The Morgan fingerprint density at radius 3 is 2.38 bits per heavy atom. The first-order chi connectivity index (χ1) is 17.6. The molecular formula is C31H35NO5. The van der Waals surface area contributed by atoms with Crippen LogP contribution in [-0.2, 0) is 16.0 Å². The SMILES string of the molecule is COc1cccc(OC2CCc3cc(C(=O)OC(C)(C)C)ccc3N(C(=O)C(C)c3ccccc3)C2)c1. The van der Waals surface area contributed by atoms with Gasteiger partial charge in [0.25, 0.3) is 0 Å². The molecular weight excluding hydrogens is 466 g/mol. The Bertz CT molecular complexity index is 1250. The molecule has 0 spiro atoms. The Morgan fingerprint density at radius 2 is 1.68 bits per heavy atom. The first-order valence-electron chi connectivity index (χ1n) is 12.7. The van der Waals surface area contributed by atoms with Crippen molar-refractivity contribution < 1.29 is 23.8 Å². The van der Waals surface area contributed by atoms with Crippen molar-refractivity contribution in [2.24, 2.45) is 0 Å². The monoisotopic (exact) mass is 501 g/mol. The maximum atomic E-state index is 13.9. The minimum absolute atomic E-state index is 0.0152. The molecule has 0 N–H and O–H groups in total. The van der Waals surface area contributed by atoms with Crippen LogP contribution in [0.5, 0.6) is 11.5 Å². The summed E-state index contributed by atoms with van der Waals surface area (Å²) >= 11 is 0. The van der Waals surface area contributed by atoms with E-state index in [0.29, 0.717) is 36.4 Å². The molecule has 4 rings (SSSR count). The Hall–Kier alpha value is -3.80. The molecule has 2 unspecified atom stereocenters. The van der Waals surface area contributed by atoms with E-state index in [1.807, 2.05) is 99.3 Å². The number of ether oxygens (including phenoxy) is 3. The molecule has 0 aliphatic carbocycles. The molecule has 1 aliphatic rings. The van der Waals surface area contributed by atoms with Gasteiger partial charge in [0.15, 0.2) is 0 Å². The zero-order valence-electron chi connectivity index (χ0n) is 22.2. The Morgan fingerprint density at radius 1 is 0.946 bits per heavy atom. The fourth-order valence-electron chi connectivity index (χ4n) is 4.51. The van der Waals surface area contributed by atoms with Crippen LogP contribution in [0.2, 0.25) is 0 Å². The van der Waals surface area contributed by atoms with Gasteiger partial charge >= 0.3 is 5.97 Å². The van der Waals surface area contributed by atoms with Gasteiger partial charge in [-0.2, -0.15) is 0 Å². The summed E-state index contributed by atoms with van der Waals surface area (Å²) < 4.78 is 17.3. The first kappa shape index (κ1) is 26.3. The molecule has 37 heavy (non-hydrogen) atoms. The maximum Gasteiger partial charge on any atom is 0.338 e. The zero-order valence-corrected chi connectivity index (χ0v) is 22.2. The quantitative estimate of drug-likeness (QED) is 0.377. The topological polar surface area (TPSA) is 65.1 Å². The van der Waals surface area contributed by atoms with Crippen LogP contribution >= 0.6 is 0 Å². The number of amides is 1. The second-order valence-electron chi connectivity index (χ2n) is 10.4. The normalized spacial score (nSPS) is 16.2. The van der Waals surface area contributed by atoms with Gasteiger partial charge in [0, 0.05) is 11.8 Å². The van der Waals surface area contributed by atoms with Gasteiger partial charge in [-0.3, -0.25) is 4.79 Å². The standard InChI is InChI=1S/C31H35NO5/c1-21(22-10-7-6-8-11-22)29(33)32-20-27(36-26-13-9-12-25(19-26)35-5)16-14-23-18-24(15-17-28(23)32)30(34)37-31(2,3)4/h6-13,15,17-19,21,27H,14,16,20H2,1-5H3. The lowest BCUT2D eigenvalue weighted by Gasteiger charge is -2.29. The summed E-state index contributed by atoms with van der Waals surface area (Å²) in [5.74, 6) is 0.670. The molecule has 0 saturated heterocycles. The van der Waals surface area contributed by atoms with Crippen LogP contribution in [0.4, 0.5) is 5.69 Å². The lowest BCUT2D eigenvalue weighted by Crippen LogP contribution is -2.41. The summed E-state index contributed by atoms with van der Waals surface area (Å²) in [6.45, 7) is 7.86. The van der Waals surface area contributed by atoms with Gasteiger partial charge < -0.3 is 19.1 Å². The molecule has 0 saturated carbocycles. The number of anilines is 1. The van der Waals surface area contributed by atoms with Crippen LogP contribution in [-0.4, -0.2) is 37.2 Å². The molecule has 194 valence electrons. The average molecular weight is 502 g/mol. The van der Waals surface area contributed by atoms with Crippen LogP contribution in [0.15, 0.2) is 72.8 Å². The lowest BCUT2D eigenvalue weighted by molar-refractivity contribution is -0.120. The minimum Gasteiger partial charge on any atom is -0.497 e. The number of fused-ring (bicyclic) bond motifs is 1. The third-order valence-corrected chi connectivity index (χ3v) is 6.41. The van der Waals surface area contributed by atoms with E-state index in [1.54, 1.807) is 13.2 Å². The summed E-state index contributed by atoms with van der Waals surface area (Å²) in [6.07, 6.45) is 1.10. The summed E-state index contributed by atoms with van der Waals surface area (Å²) in [5, 5.41) is 0. The molecule has 3 aromatic carbocycles. The number of hydrogen-bond donors (Lipinski definition) is 0. The van der Waals surface area contributed by atoms with E-state index in [9.17, 15) is 9.59 Å². The third kappa shape index (κ3) is 6.50. The fourth-order valence-corrected chi connectivity index (χ4v) is 4.51. The van der Waals surface area contributed by atoms with E-state index >= 15 is 0 Å². The van der Waals surface area contributed by atoms with Gasteiger partial charge in [0.2, 0.25) is 5.91 Å². The van der Waals surface area contributed by atoms with Gasteiger partial charge in [0.05, 0.1) is 25.1 Å². The number of rotatable bonds is 6. The Balaban J connectivity index is 1.66. The number of nitrogens with zero attached hydrogens (tertiary/aromatic N) is 1. The van der Waals surface area contributed by atoms with E-state index < -0.39 is 5.60 Å². The van der Waals surface area contributed by atoms with Gasteiger partial charge in [-0.15, -0.1) is 0 Å². The van der Waals surface area contributed by atoms with Crippen LogP contribution in [0.25, 0.3) is 0 Å². The fraction of sp³-hybridized carbons (Fsp3) is 0.355. The van der Waals surface area contributed by atoms with Crippen molar-refractivity contribution in [1.29, 1.82) is 0 Å². The highest BCUT2D eigenvalue weighted by molar-refractivity contribution is 5.99. The van der Waals surface area contributed by atoms with E-state index in [0.717, 1.165) is 16.8 Å². The number of carbonyl (C=O) groups excluding carboxylic acids is 2. The molecule has 0 aromatic heterocycles. The molecule has 2 atom stereocenters. The predicted octanol–water partition coefficient (Wildman–Crippen LogP) is 6.18. The second kappa shape index (κ2) is 11.1. The van der Waals surface area contributed by atoms with E-state index in [4.69, 9.17) is 14.2 Å². The largest absolute Gasteiger partial charge is 0.497 e. The molecule has 1 amide bonds. The van der Waals surface area contributed by atoms with Crippen LogP contribution < -0.4 is 14.4 Å². The number of aryl methyl sites for hydroxylation is 1. The van der Waals surface area contributed by atoms with Crippen molar-refractivity contribution in [2.45, 2.75) is 58.2 Å². The number of hydrogen-bond acceptors (Lipinski definition) is 5. The molecule has 0 radical (unpaired) electrons. The smallest absolute Gasteiger partial charge is 0.338 e. The zero-order chi connectivity index (χ0) is 26.6. The molecule has 0 bridgehead atoms. The highest BCUT2D eigenvalue weighted by Crippen LogP contribution is 2.33. The summed E-state index contributed by atoms with van der Waals surface area (Å²) in [7, 11) is 1.62. The number of esters is 1. The lowest BCUT2D eigenvalue weighted by atomic mass is 9.98. The van der Waals surface area contributed by atoms with E-state index in [1.165, 1.54) is 0 Å². The first-order valence-corrected chi connectivity index (χ1v) is 12.7. The Labute approximate surface area is 219 Å². The number of carbonyl (C=O) groups is 2. The molecule has 6 nitrogen and oxygen atoms in total. The summed E-state index contributed by atoms with van der Waals surface area (Å²) in [4.78, 5) is 28.5. The van der Waals surface area contributed by atoms with Gasteiger partial charge in [0.1, 0.15) is 23.2 Å². The molecule has 3 aromatic rings. The summed E-state index contributed by atoms with van der Waals surface area (Å²) in [6, 6.07) is 22.7. The molecule has 6 heteroatoms. The van der Waals surface area contributed by atoms with Crippen molar-refractivity contribution in [3.8, 4) is 11.5 Å². The number of methoxy groups -OCH3 is 1.